The largest absolute Gasteiger partial charge is 0.464 e. The number of nitrogens with one attached hydrogen (secondary N) is 2. The number of anilines is 1. The third kappa shape index (κ3) is 4.30. The van der Waals surface area contributed by atoms with Gasteiger partial charge in [0.05, 0.1) is 13.5 Å². The maximum atomic E-state index is 12.6. The smallest absolute Gasteiger partial charge is 0.359 e. The van der Waals surface area contributed by atoms with Crippen LogP contribution in [0, 0.1) is 11.2 Å². The molecule has 0 bridgehead atoms. The van der Waals surface area contributed by atoms with E-state index in [2.05, 4.69) is 10.1 Å². The Bertz CT molecular complexity index is 525. The first-order valence-corrected chi connectivity index (χ1v) is 5.19. The lowest BCUT2D eigenvalue weighted by molar-refractivity contribution is -0.133. The van der Waals surface area contributed by atoms with E-state index in [1.807, 2.05) is 0 Å². The first kappa shape index (κ1) is 14.5. The highest BCUT2D eigenvalue weighted by Gasteiger charge is 2.21. The number of ketones is 1. The van der Waals surface area contributed by atoms with Crippen LogP contribution in [-0.2, 0) is 19.1 Å². The number of rotatable bonds is 5. The first-order chi connectivity index (χ1) is 8.93. The van der Waals surface area contributed by atoms with Gasteiger partial charge >= 0.3 is 5.97 Å². The summed E-state index contributed by atoms with van der Waals surface area (Å²) in [6.45, 7) is 0. The van der Waals surface area contributed by atoms with Gasteiger partial charge in [-0.3, -0.25) is 15.0 Å². The standard InChI is InChI=1S/C12H11FN2O4/c1-19-12(18)11(14)9(16)6-10(17)15-8-4-2-7(13)3-5-8/h2-5,14H,6H2,1H3,(H,15,17). The molecule has 100 valence electrons. The van der Waals surface area contributed by atoms with Crippen molar-refractivity contribution in [3.63, 3.8) is 0 Å². The number of benzene rings is 1. The third-order valence-corrected chi connectivity index (χ3v) is 2.12. The second-order valence-electron chi connectivity index (χ2n) is 3.52. The molecule has 0 saturated carbocycles. The molecule has 0 aliphatic carbocycles. The Balaban J connectivity index is 2.56. The number of methoxy groups -OCH3 is 1. The molecule has 0 atom stereocenters. The number of hydrogen-bond donors (Lipinski definition) is 2. The lowest BCUT2D eigenvalue weighted by Gasteiger charge is -2.04. The van der Waals surface area contributed by atoms with Crippen LogP contribution in [0.3, 0.4) is 0 Å². The molecule has 0 saturated heterocycles. The van der Waals surface area contributed by atoms with E-state index in [-0.39, 0.29) is 0 Å². The van der Waals surface area contributed by atoms with Crippen molar-refractivity contribution in [2.45, 2.75) is 6.42 Å². The summed E-state index contributed by atoms with van der Waals surface area (Å²) in [4.78, 5) is 33.7. The van der Waals surface area contributed by atoms with Gasteiger partial charge in [-0.1, -0.05) is 0 Å². The molecular formula is C12H11FN2O4. The molecule has 2 N–H and O–H groups in total. The molecule has 1 amide bonds. The second kappa shape index (κ2) is 6.39. The number of carbonyl (C=O) groups excluding carboxylic acids is 3. The number of amides is 1. The summed E-state index contributed by atoms with van der Waals surface area (Å²) in [7, 11) is 1.03. The van der Waals surface area contributed by atoms with Gasteiger partial charge in [0.2, 0.25) is 5.91 Å². The van der Waals surface area contributed by atoms with Crippen molar-refractivity contribution in [1.82, 2.24) is 0 Å². The minimum absolute atomic E-state index is 0.309. The summed E-state index contributed by atoms with van der Waals surface area (Å²) in [6.07, 6.45) is -0.661. The molecule has 7 heteroatoms. The predicted octanol–water partition coefficient (Wildman–Crippen LogP) is 0.916. The van der Waals surface area contributed by atoms with E-state index < -0.39 is 35.6 Å². The molecule has 1 rings (SSSR count). The number of halogens is 1. The first-order valence-electron chi connectivity index (χ1n) is 5.19. The molecule has 0 fully saturated rings. The van der Waals surface area contributed by atoms with E-state index in [4.69, 9.17) is 5.41 Å². The van der Waals surface area contributed by atoms with Crippen LogP contribution in [0.4, 0.5) is 10.1 Å². The van der Waals surface area contributed by atoms with Crippen molar-refractivity contribution in [3.05, 3.63) is 30.1 Å². The normalized spacial score (nSPS) is 9.58. The van der Waals surface area contributed by atoms with Crippen LogP contribution in [-0.4, -0.2) is 30.5 Å². The van der Waals surface area contributed by atoms with Gasteiger partial charge in [-0.2, -0.15) is 0 Å². The molecule has 1 aromatic rings. The zero-order valence-corrected chi connectivity index (χ0v) is 10.0. The summed E-state index contributed by atoms with van der Waals surface area (Å²) in [5.41, 5.74) is -0.583. The van der Waals surface area contributed by atoms with Crippen molar-refractivity contribution in [2.24, 2.45) is 0 Å². The van der Waals surface area contributed by atoms with Crippen molar-refractivity contribution >= 4 is 29.1 Å². The SMILES string of the molecule is COC(=O)C(=N)C(=O)CC(=O)Nc1ccc(F)cc1. The van der Waals surface area contributed by atoms with Gasteiger partial charge in [0.15, 0.2) is 11.5 Å². The lowest BCUT2D eigenvalue weighted by atomic mass is 10.1. The minimum Gasteiger partial charge on any atom is -0.464 e. The molecular weight excluding hydrogens is 255 g/mol. The highest BCUT2D eigenvalue weighted by Crippen LogP contribution is 2.08. The summed E-state index contributed by atoms with van der Waals surface area (Å²) in [5.74, 6) is -3.21. The van der Waals surface area contributed by atoms with Crippen molar-refractivity contribution in [1.29, 1.82) is 5.41 Å². The van der Waals surface area contributed by atoms with Gasteiger partial charge in [0.1, 0.15) is 5.82 Å². The maximum absolute atomic E-state index is 12.6. The molecule has 0 aliphatic rings. The number of esters is 1. The van der Waals surface area contributed by atoms with Crippen LogP contribution < -0.4 is 5.32 Å². The molecule has 19 heavy (non-hydrogen) atoms. The minimum atomic E-state index is -1.10. The van der Waals surface area contributed by atoms with Crippen LogP contribution in [0.5, 0.6) is 0 Å². The van der Waals surface area contributed by atoms with Crippen LogP contribution in [0.2, 0.25) is 0 Å². The van der Waals surface area contributed by atoms with E-state index in [9.17, 15) is 18.8 Å². The quantitative estimate of drug-likeness (QED) is 0.470. The molecule has 0 aromatic heterocycles. The van der Waals surface area contributed by atoms with E-state index in [1.165, 1.54) is 12.1 Å². The monoisotopic (exact) mass is 266 g/mol. The number of hydrogen-bond acceptors (Lipinski definition) is 5. The highest BCUT2D eigenvalue weighted by molar-refractivity contribution is 6.64. The van der Waals surface area contributed by atoms with Crippen LogP contribution >= 0.6 is 0 Å². The maximum Gasteiger partial charge on any atom is 0.359 e. The molecule has 0 heterocycles. The molecule has 0 aliphatic heterocycles. The Kier molecular flexibility index (Phi) is 4.87. The Morgan fingerprint density at radius 1 is 1.26 bits per heavy atom. The van der Waals surface area contributed by atoms with E-state index in [0.29, 0.717) is 5.69 Å². The molecule has 1 aromatic carbocycles. The summed E-state index contributed by atoms with van der Waals surface area (Å²) in [5, 5.41) is 9.48. The summed E-state index contributed by atoms with van der Waals surface area (Å²) < 4.78 is 16.8. The van der Waals surface area contributed by atoms with Gasteiger partial charge in [-0.15, -0.1) is 0 Å². The van der Waals surface area contributed by atoms with E-state index in [1.54, 1.807) is 0 Å². The van der Waals surface area contributed by atoms with Crippen molar-refractivity contribution < 1.29 is 23.5 Å². The molecule has 0 radical (unpaired) electrons. The Morgan fingerprint density at radius 2 is 1.84 bits per heavy atom. The average molecular weight is 266 g/mol. The van der Waals surface area contributed by atoms with Crippen molar-refractivity contribution in [3.8, 4) is 0 Å². The van der Waals surface area contributed by atoms with Gasteiger partial charge < -0.3 is 10.1 Å². The van der Waals surface area contributed by atoms with Crippen molar-refractivity contribution in [2.75, 3.05) is 12.4 Å². The predicted molar refractivity (Wildman–Crippen MR) is 64.4 cm³/mol. The average Bonchev–Trinajstić information content (AvgIpc) is 2.39. The van der Waals surface area contributed by atoms with Gasteiger partial charge in [-0.05, 0) is 24.3 Å². The third-order valence-electron chi connectivity index (χ3n) is 2.12. The van der Waals surface area contributed by atoms with Gasteiger partial charge in [0, 0.05) is 5.69 Å². The van der Waals surface area contributed by atoms with Crippen LogP contribution in [0.15, 0.2) is 24.3 Å². The number of carbonyl (C=O) groups is 3. The Labute approximate surface area is 108 Å². The summed E-state index contributed by atoms with van der Waals surface area (Å²) >= 11 is 0. The molecule has 0 unspecified atom stereocenters. The number of Topliss-reactive ketones (excluding diaryl/α,β-unsaturated/α-hetero) is 1. The van der Waals surface area contributed by atoms with E-state index in [0.717, 1.165) is 19.2 Å². The Hall–Kier alpha value is -2.57. The van der Waals surface area contributed by atoms with Gasteiger partial charge in [0.25, 0.3) is 0 Å². The lowest BCUT2D eigenvalue weighted by Crippen LogP contribution is -2.28. The Morgan fingerprint density at radius 3 is 2.37 bits per heavy atom. The topological polar surface area (TPSA) is 96.3 Å². The van der Waals surface area contributed by atoms with Crippen LogP contribution in [0.1, 0.15) is 6.42 Å². The zero-order valence-electron chi connectivity index (χ0n) is 10.0. The fourth-order valence-electron chi connectivity index (χ4n) is 1.19. The second-order valence-corrected chi connectivity index (χ2v) is 3.52. The van der Waals surface area contributed by atoms with E-state index >= 15 is 0 Å². The fraction of sp³-hybridized carbons (Fsp3) is 0.167. The zero-order chi connectivity index (χ0) is 14.4. The molecule has 6 nitrogen and oxygen atoms in total. The van der Waals surface area contributed by atoms with Crippen LogP contribution in [0.25, 0.3) is 0 Å². The fourth-order valence-corrected chi connectivity index (χ4v) is 1.19. The molecule has 0 spiro atoms. The summed E-state index contributed by atoms with van der Waals surface area (Å²) in [6, 6.07) is 4.94. The highest BCUT2D eigenvalue weighted by atomic mass is 19.1. The van der Waals surface area contributed by atoms with Gasteiger partial charge in [-0.25, -0.2) is 9.18 Å². The number of ether oxygens (including phenoxy) is 1.